The number of carbonyl (C=O) groups is 1. The van der Waals surface area contributed by atoms with E-state index in [0.29, 0.717) is 23.3 Å². The van der Waals surface area contributed by atoms with E-state index in [2.05, 4.69) is 42.3 Å². The van der Waals surface area contributed by atoms with Crippen molar-refractivity contribution in [1.29, 1.82) is 0 Å². The topological polar surface area (TPSA) is 23.6 Å². The minimum Gasteiger partial charge on any atom is -0.311 e. The molecule has 3 aromatic carbocycles. The summed E-state index contributed by atoms with van der Waals surface area (Å²) in [4.78, 5) is 17.3. The second-order valence-electron chi connectivity index (χ2n) is 9.23. The van der Waals surface area contributed by atoms with E-state index in [-0.39, 0.29) is 11.7 Å². The molecule has 2 unspecified atom stereocenters. The molecule has 1 amide bonds. The predicted octanol–water partition coefficient (Wildman–Crippen LogP) is 6.16. The summed E-state index contributed by atoms with van der Waals surface area (Å²) >= 11 is 0. The van der Waals surface area contributed by atoms with Crippen molar-refractivity contribution in [3.63, 3.8) is 0 Å². The van der Waals surface area contributed by atoms with Crippen molar-refractivity contribution in [2.24, 2.45) is 0 Å². The van der Waals surface area contributed by atoms with Crippen LogP contribution in [0.2, 0.25) is 0 Å². The molecule has 33 heavy (non-hydrogen) atoms. The zero-order valence-electron chi connectivity index (χ0n) is 19.2. The highest BCUT2D eigenvalue weighted by Gasteiger charge is 2.37. The Morgan fingerprint density at radius 1 is 0.848 bits per heavy atom. The van der Waals surface area contributed by atoms with E-state index >= 15 is 0 Å². The monoisotopic (exact) mass is 440 g/mol. The molecule has 0 aliphatic carbocycles. The summed E-state index contributed by atoms with van der Waals surface area (Å²) < 4.78 is 13.7. The molecule has 4 heteroatoms. The highest BCUT2D eigenvalue weighted by atomic mass is 19.1. The molecule has 0 aromatic heterocycles. The summed E-state index contributed by atoms with van der Waals surface area (Å²) in [6.07, 6.45) is 4.64. The van der Waals surface area contributed by atoms with Gasteiger partial charge in [-0.15, -0.1) is 0 Å². The molecule has 2 fully saturated rings. The maximum atomic E-state index is 13.7. The lowest BCUT2D eigenvalue weighted by molar-refractivity contribution is 0.0993. The van der Waals surface area contributed by atoms with Crippen LogP contribution < -0.4 is 4.90 Å². The van der Waals surface area contributed by atoms with Gasteiger partial charge in [0, 0.05) is 30.4 Å². The summed E-state index contributed by atoms with van der Waals surface area (Å²) in [6.45, 7) is 0. The number of hydrogen-bond donors (Lipinski definition) is 0. The van der Waals surface area contributed by atoms with Gasteiger partial charge in [-0.3, -0.25) is 9.69 Å². The molecule has 2 bridgehead atoms. The molecular weight excluding hydrogens is 411 g/mol. The average molecular weight is 441 g/mol. The van der Waals surface area contributed by atoms with Crippen molar-refractivity contribution in [2.75, 3.05) is 19.0 Å². The van der Waals surface area contributed by atoms with Crippen molar-refractivity contribution in [2.45, 2.75) is 37.8 Å². The van der Waals surface area contributed by atoms with Gasteiger partial charge in [-0.1, -0.05) is 54.1 Å². The first kappa shape index (κ1) is 21.6. The Kier molecular flexibility index (Phi) is 5.86. The molecule has 2 saturated heterocycles. The summed E-state index contributed by atoms with van der Waals surface area (Å²) in [5.74, 6) is -0.503. The zero-order valence-corrected chi connectivity index (χ0v) is 19.2. The fourth-order valence-corrected chi connectivity index (χ4v) is 5.42. The summed E-state index contributed by atoms with van der Waals surface area (Å²) in [5.41, 5.74) is 6.14. The van der Waals surface area contributed by atoms with Crippen LogP contribution in [-0.4, -0.2) is 37.0 Å². The molecule has 2 aliphatic heterocycles. The number of amides is 1. The number of halogens is 1. The van der Waals surface area contributed by atoms with Crippen molar-refractivity contribution in [3.8, 4) is 0 Å². The van der Waals surface area contributed by atoms with Crippen LogP contribution in [0.1, 0.15) is 47.2 Å². The van der Waals surface area contributed by atoms with Crippen LogP contribution in [0.25, 0.3) is 5.57 Å². The third-order valence-electron chi connectivity index (χ3n) is 7.26. The van der Waals surface area contributed by atoms with Crippen LogP contribution in [0, 0.1) is 5.82 Å². The van der Waals surface area contributed by atoms with Gasteiger partial charge in [0.25, 0.3) is 5.91 Å². The van der Waals surface area contributed by atoms with Crippen molar-refractivity contribution in [3.05, 3.63) is 107 Å². The van der Waals surface area contributed by atoms with Crippen LogP contribution in [0.5, 0.6) is 0 Å². The fourth-order valence-electron chi connectivity index (χ4n) is 5.42. The molecule has 0 saturated carbocycles. The van der Waals surface area contributed by atoms with Gasteiger partial charge < -0.3 is 4.90 Å². The van der Waals surface area contributed by atoms with Gasteiger partial charge in [0.2, 0.25) is 0 Å². The number of hydrogen-bond acceptors (Lipinski definition) is 2. The maximum absolute atomic E-state index is 13.7. The van der Waals surface area contributed by atoms with Gasteiger partial charge in [-0.25, -0.2) is 4.39 Å². The zero-order chi connectivity index (χ0) is 22.9. The number of anilines is 1. The number of carbonyl (C=O) groups excluding carboxylic acids is 1. The van der Waals surface area contributed by atoms with E-state index in [1.54, 1.807) is 19.2 Å². The molecule has 2 heterocycles. The van der Waals surface area contributed by atoms with Gasteiger partial charge in [0.1, 0.15) is 5.82 Å². The highest BCUT2D eigenvalue weighted by Crippen LogP contribution is 2.42. The van der Waals surface area contributed by atoms with Crippen LogP contribution in [-0.2, 0) is 0 Å². The Hall–Kier alpha value is -3.24. The Balaban J connectivity index is 1.54. The SMILES string of the molecule is CN(C(=O)c1cccc(C(=C2CC3CCC(C2)N3C)c2ccccc2)c1)c1cccc(F)c1. The molecule has 2 atom stereocenters. The van der Waals surface area contributed by atoms with Crippen LogP contribution >= 0.6 is 0 Å². The molecule has 0 spiro atoms. The van der Waals surface area contributed by atoms with Gasteiger partial charge >= 0.3 is 0 Å². The van der Waals surface area contributed by atoms with Crippen LogP contribution in [0.4, 0.5) is 10.1 Å². The third kappa shape index (κ3) is 4.23. The first-order chi connectivity index (χ1) is 16.0. The lowest BCUT2D eigenvalue weighted by atomic mass is 9.85. The maximum Gasteiger partial charge on any atom is 0.258 e. The van der Waals surface area contributed by atoms with Crippen molar-refractivity contribution in [1.82, 2.24) is 4.90 Å². The molecule has 0 radical (unpaired) electrons. The normalized spacial score (nSPS) is 20.0. The van der Waals surface area contributed by atoms with Gasteiger partial charge in [-0.05, 0) is 79.8 Å². The molecule has 168 valence electrons. The number of fused-ring (bicyclic) bond motifs is 2. The molecule has 3 nitrogen and oxygen atoms in total. The predicted molar refractivity (Wildman–Crippen MR) is 132 cm³/mol. The second kappa shape index (κ2) is 8.95. The summed E-state index contributed by atoms with van der Waals surface area (Å²) in [7, 11) is 3.94. The van der Waals surface area contributed by atoms with Crippen molar-refractivity contribution >= 4 is 17.2 Å². The van der Waals surface area contributed by atoms with E-state index in [0.717, 1.165) is 18.4 Å². The van der Waals surface area contributed by atoms with E-state index in [9.17, 15) is 9.18 Å². The minimum absolute atomic E-state index is 0.150. The van der Waals surface area contributed by atoms with E-state index in [1.165, 1.54) is 46.6 Å². The molecule has 3 aromatic rings. The number of rotatable bonds is 4. The molecule has 2 aliphatic rings. The quantitative estimate of drug-likeness (QED) is 0.485. The van der Waals surface area contributed by atoms with E-state index in [1.807, 2.05) is 24.3 Å². The summed E-state index contributed by atoms with van der Waals surface area (Å²) in [6, 6.07) is 25.7. The average Bonchev–Trinajstić information content (AvgIpc) is 3.04. The lowest BCUT2D eigenvalue weighted by Crippen LogP contribution is -2.37. The van der Waals surface area contributed by atoms with Gasteiger partial charge in [0.15, 0.2) is 0 Å². The highest BCUT2D eigenvalue weighted by molar-refractivity contribution is 6.06. The lowest BCUT2D eigenvalue weighted by Gasteiger charge is -2.34. The van der Waals surface area contributed by atoms with Crippen LogP contribution in [0.15, 0.2) is 84.4 Å². The first-order valence-corrected chi connectivity index (χ1v) is 11.6. The van der Waals surface area contributed by atoms with Crippen molar-refractivity contribution < 1.29 is 9.18 Å². The third-order valence-corrected chi connectivity index (χ3v) is 7.26. The smallest absolute Gasteiger partial charge is 0.258 e. The number of nitrogens with zero attached hydrogens (tertiary/aromatic N) is 2. The summed E-state index contributed by atoms with van der Waals surface area (Å²) in [5, 5.41) is 0. The van der Waals surface area contributed by atoms with E-state index in [4.69, 9.17) is 0 Å². The second-order valence-corrected chi connectivity index (χ2v) is 9.23. The first-order valence-electron chi connectivity index (χ1n) is 11.6. The standard InChI is InChI=1S/C29H29FN2O/c1-31-26-14-15-27(31)18-23(17-26)28(20-8-4-3-5-9-20)21-10-6-11-22(16-21)29(33)32(2)25-13-7-12-24(30)19-25/h3-13,16,19,26-27H,14-15,17-18H2,1-2H3. The molecule has 0 N–H and O–H groups in total. The Bertz CT molecular complexity index is 1190. The minimum atomic E-state index is -0.353. The van der Waals surface area contributed by atoms with Gasteiger partial charge in [0.05, 0.1) is 0 Å². The Morgan fingerprint density at radius 3 is 2.18 bits per heavy atom. The number of benzene rings is 3. The fraction of sp³-hybridized carbons (Fsp3) is 0.276. The Labute approximate surface area is 195 Å². The molecular formula is C29H29FN2O. The molecule has 5 rings (SSSR count). The van der Waals surface area contributed by atoms with E-state index < -0.39 is 0 Å². The Morgan fingerprint density at radius 2 is 1.48 bits per heavy atom. The number of piperidine rings is 1. The van der Waals surface area contributed by atoms with Gasteiger partial charge in [-0.2, -0.15) is 0 Å². The van der Waals surface area contributed by atoms with Crippen LogP contribution in [0.3, 0.4) is 0 Å². The largest absolute Gasteiger partial charge is 0.311 e.